The minimum absolute atomic E-state index is 0.100. The molecule has 0 saturated heterocycles. The number of carbonyl (C=O) groups excluding carboxylic acids is 2. The third kappa shape index (κ3) is 3.51. The Morgan fingerprint density at radius 3 is 2.54 bits per heavy atom. The van der Waals surface area contributed by atoms with Gasteiger partial charge in [0.2, 0.25) is 5.91 Å². The minimum atomic E-state index is -4.70. The van der Waals surface area contributed by atoms with Crippen LogP contribution in [0.25, 0.3) is 5.69 Å². The molecule has 0 aliphatic carbocycles. The zero-order valence-electron chi connectivity index (χ0n) is 13.7. The lowest BCUT2D eigenvalue weighted by Gasteiger charge is -2.14. The first kappa shape index (κ1) is 19.0. The van der Waals surface area contributed by atoms with Crippen molar-refractivity contribution < 1.29 is 27.3 Å². The zero-order chi connectivity index (χ0) is 19.6. The first-order valence-electron chi connectivity index (χ1n) is 6.99. The summed E-state index contributed by atoms with van der Waals surface area (Å²) < 4.78 is 38.5. The van der Waals surface area contributed by atoms with Crippen molar-refractivity contribution in [2.75, 3.05) is 18.2 Å². The molecule has 26 heavy (non-hydrogen) atoms. The first-order chi connectivity index (χ1) is 12.1. The highest BCUT2D eigenvalue weighted by Gasteiger charge is 2.26. The van der Waals surface area contributed by atoms with E-state index in [9.17, 15) is 22.6 Å². The molecular weight excluding hydrogens is 364 g/mol. The fraction of sp³-hybridized carbons (Fsp3) is 0.133. The first-order valence-corrected chi connectivity index (χ1v) is 8.43. The Hall–Kier alpha value is -3.36. The molecule has 1 heterocycles. The molecule has 2 aromatic rings. The highest BCUT2D eigenvalue weighted by molar-refractivity contribution is 7.86. The number of ether oxygens (including phenoxy) is 1. The number of amides is 1. The number of methoxy groups -OCH3 is 1. The quantitative estimate of drug-likeness (QED) is 0.522. The van der Waals surface area contributed by atoms with Crippen molar-refractivity contribution in [3.63, 3.8) is 0 Å². The van der Waals surface area contributed by atoms with Gasteiger partial charge in [0.1, 0.15) is 11.0 Å². The Morgan fingerprint density at radius 2 is 2.04 bits per heavy atom. The van der Waals surface area contributed by atoms with Gasteiger partial charge in [-0.15, -0.1) is 0 Å². The van der Waals surface area contributed by atoms with Crippen LogP contribution in [0.1, 0.15) is 23.0 Å². The van der Waals surface area contributed by atoms with Gasteiger partial charge in [-0.1, -0.05) is 0 Å². The molecule has 0 saturated carbocycles. The zero-order valence-corrected chi connectivity index (χ0v) is 14.5. The predicted molar refractivity (Wildman–Crippen MR) is 90.4 cm³/mol. The number of hydrogen-bond acceptors (Lipinski definition) is 7. The fourth-order valence-electron chi connectivity index (χ4n) is 2.31. The summed E-state index contributed by atoms with van der Waals surface area (Å²) in [5.41, 5.74) is 5.16. The molecule has 0 unspecified atom stereocenters. The number of rotatable bonds is 4. The summed E-state index contributed by atoms with van der Waals surface area (Å²) in [5, 5.41) is 11.6. The summed E-state index contributed by atoms with van der Waals surface area (Å²) in [6.45, 7) is 1.25. The van der Waals surface area contributed by atoms with Crippen LogP contribution in [0.3, 0.4) is 0 Å². The molecule has 0 aliphatic rings. The van der Waals surface area contributed by atoms with Crippen LogP contribution >= 0.6 is 0 Å². The highest BCUT2D eigenvalue weighted by atomic mass is 32.2. The average molecular weight is 378 g/mol. The maximum absolute atomic E-state index is 12.1. The summed E-state index contributed by atoms with van der Waals surface area (Å²) in [4.78, 5) is 22.8. The Balaban J connectivity index is 2.88. The van der Waals surface area contributed by atoms with Gasteiger partial charge >= 0.3 is 5.97 Å². The van der Waals surface area contributed by atoms with Crippen LogP contribution in [-0.2, 0) is 19.6 Å². The van der Waals surface area contributed by atoms with Crippen LogP contribution in [0, 0.1) is 11.3 Å². The highest BCUT2D eigenvalue weighted by Crippen LogP contribution is 2.30. The molecule has 0 radical (unpaired) electrons. The van der Waals surface area contributed by atoms with Gasteiger partial charge in [0.25, 0.3) is 10.1 Å². The lowest BCUT2D eigenvalue weighted by atomic mass is 10.2. The van der Waals surface area contributed by atoms with E-state index in [2.05, 4.69) is 10.1 Å². The van der Waals surface area contributed by atoms with Crippen LogP contribution in [0.5, 0.6) is 0 Å². The van der Waals surface area contributed by atoms with Gasteiger partial charge in [-0.3, -0.25) is 9.35 Å². The monoisotopic (exact) mass is 378 g/mol. The van der Waals surface area contributed by atoms with Crippen LogP contribution in [0.4, 0.5) is 11.4 Å². The van der Waals surface area contributed by atoms with Crippen LogP contribution < -0.4 is 11.1 Å². The van der Waals surface area contributed by atoms with Crippen molar-refractivity contribution in [3.8, 4) is 11.8 Å². The Bertz CT molecular complexity index is 1050. The molecule has 10 nitrogen and oxygen atoms in total. The molecule has 0 atom stereocenters. The predicted octanol–water partition coefficient (Wildman–Crippen LogP) is 0.923. The minimum Gasteiger partial charge on any atom is -0.464 e. The van der Waals surface area contributed by atoms with E-state index in [1.54, 1.807) is 6.07 Å². The maximum atomic E-state index is 12.1. The van der Waals surface area contributed by atoms with Crippen molar-refractivity contribution >= 4 is 33.4 Å². The van der Waals surface area contributed by atoms with Crippen molar-refractivity contribution in [3.05, 3.63) is 35.7 Å². The lowest BCUT2D eigenvalue weighted by molar-refractivity contribution is -0.114. The van der Waals surface area contributed by atoms with Gasteiger partial charge in [0.15, 0.2) is 5.69 Å². The van der Waals surface area contributed by atoms with Gasteiger partial charge in [-0.2, -0.15) is 13.7 Å². The largest absolute Gasteiger partial charge is 0.464 e. The number of nitrogens with zero attached hydrogens (tertiary/aromatic N) is 2. The average Bonchev–Trinajstić information content (AvgIpc) is 2.89. The van der Waals surface area contributed by atoms with Gasteiger partial charge in [0.05, 0.1) is 24.0 Å². The number of benzene rings is 1. The number of nitrogens with one attached hydrogen (secondary N) is 1. The second-order valence-corrected chi connectivity index (χ2v) is 6.51. The summed E-state index contributed by atoms with van der Waals surface area (Å²) >= 11 is 0. The van der Waals surface area contributed by atoms with E-state index < -0.39 is 26.9 Å². The van der Waals surface area contributed by atoms with Crippen LogP contribution in [0.15, 0.2) is 29.3 Å². The topological polar surface area (TPSA) is 165 Å². The molecule has 0 bridgehead atoms. The van der Waals surface area contributed by atoms with E-state index in [1.165, 1.54) is 19.1 Å². The van der Waals surface area contributed by atoms with Crippen molar-refractivity contribution in [1.29, 1.82) is 5.26 Å². The molecule has 0 aliphatic heterocycles. The molecule has 0 spiro atoms. The van der Waals surface area contributed by atoms with E-state index in [0.717, 1.165) is 23.9 Å². The number of hydrogen-bond donors (Lipinski definition) is 3. The van der Waals surface area contributed by atoms with E-state index in [0.29, 0.717) is 0 Å². The third-order valence-electron chi connectivity index (χ3n) is 3.36. The van der Waals surface area contributed by atoms with Crippen molar-refractivity contribution in [2.24, 2.45) is 0 Å². The number of nitrogen functional groups attached to an aromatic ring is 1. The van der Waals surface area contributed by atoms with E-state index >= 15 is 0 Å². The number of aromatic nitrogens is 1. The Labute approximate surface area is 148 Å². The molecule has 11 heteroatoms. The summed E-state index contributed by atoms with van der Waals surface area (Å²) in [6, 6.07) is 5.28. The lowest BCUT2D eigenvalue weighted by Crippen LogP contribution is -2.14. The summed E-state index contributed by atoms with van der Waals surface area (Å²) in [5.74, 6) is -1.34. The molecular formula is C15H14N4O6S. The van der Waals surface area contributed by atoms with Gasteiger partial charge in [-0.05, 0) is 18.2 Å². The number of carbonyl (C=O) groups is 2. The molecule has 0 fully saturated rings. The Kier molecular flexibility index (Phi) is 5.01. The molecule has 1 aromatic carbocycles. The third-order valence-corrected chi connectivity index (χ3v) is 4.26. The molecule has 136 valence electrons. The maximum Gasteiger partial charge on any atom is 0.357 e. The number of nitrogens with two attached hydrogens (primary N) is 1. The Morgan fingerprint density at radius 1 is 1.38 bits per heavy atom. The van der Waals surface area contributed by atoms with E-state index in [-0.39, 0.29) is 28.3 Å². The molecule has 4 N–H and O–H groups in total. The normalized spacial score (nSPS) is 10.8. The number of nitriles is 1. The van der Waals surface area contributed by atoms with Crippen molar-refractivity contribution in [1.82, 2.24) is 4.57 Å². The van der Waals surface area contributed by atoms with Gasteiger partial charge < -0.3 is 20.4 Å². The molecule has 1 aromatic heterocycles. The molecule has 2 rings (SSSR count). The van der Waals surface area contributed by atoms with E-state index in [1.807, 2.05) is 0 Å². The SMILES string of the molecule is COC(=O)c1c(N)c(C#N)cn1-c1cc(NC(C)=O)ccc1S(=O)(=O)O. The fourth-order valence-corrected chi connectivity index (χ4v) is 2.97. The van der Waals surface area contributed by atoms with Gasteiger partial charge in [-0.25, -0.2) is 4.79 Å². The van der Waals surface area contributed by atoms with Crippen molar-refractivity contribution in [2.45, 2.75) is 11.8 Å². The second kappa shape index (κ2) is 6.87. The molecule has 1 amide bonds. The van der Waals surface area contributed by atoms with Crippen LogP contribution in [0.2, 0.25) is 0 Å². The van der Waals surface area contributed by atoms with E-state index in [4.69, 9.17) is 11.0 Å². The second-order valence-electron chi connectivity index (χ2n) is 5.12. The summed E-state index contributed by atoms with van der Waals surface area (Å²) in [6.07, 6.45) is 1.13. The number of anilines is 2. The smallest absolute Gasteiger partial charge is 0.357 e. The number of esters is 1. The van der Waals surface area contributed by atoms with Gasteiger partial charge in [0, 0.05) is 18.8 Å². The van der Waals surface area contributed by atoms with Crippen LogP contribution in [-0.4, -0.2) is 36.5 Å². The standard InChI is InChI=1S/C15H14N4O6S/c1-8(20)18-10-3-4-12(26(22,23)24)11(5-10)19-7-9(6-16)13(17)14(19)15(21)25-2/h3-5,7H,17H2,1-2H3,(H,18,20)(H,22,23,24). The summed E-state index contributed by atoms with van der Waals surface area (Å²) in [7, 11) is -3.61.